The highest BCUT2D eigenvalue weighted by molar-refractivity contribution is 5.78. The molecule has 1 aromatic heterocycles. The molecule has 204 valence electrons. The number of rotatable bonds is 7. The number of hydrogen-bond acceptors (Lipinski definition) is 4. The molecule has 0 amide bonds. The van der Waals surface area contributed by atoms with E-state index in [2.05, 4.69) is 18.8 Å². The largest absolute Gasteiger partial charge is 0.489 e. The molecule has 2 saturated carbocycles. The third-order valence-electron chi connectivity index (χ3n) is 9.41. The maximum absolute atomic E-state index is 15.6. The van der Waals surface area contributed by atoms with E-state index in [0.29, 0.717) is 23.3 Å². The number of carboxylic acid groups (broad SMARTS) is 1. The van der Waals surface area contributed by atoms with Crippen LogP contribution in [0, 0.1) is 23.0 Å². The molecule has 0 unspecified atom stereocenters. The zero-order chi connectivity index (χ0) is 27.5. The Morgan fingerprint density at radius 1 is 1.10 bits per heavy atom. The van der Waals surface area contributed by atoms with Crippen LogP contribution in [-0.2, 0) is 23.2 Å². The Morgan fingerprint density at radius 2 is 1.92 bits per heavy atom. The van der Waals surface area contributed by atoms with Crippen LogP contribution in [0.15, 0.2) is 42.6 Å². The minimum Gasteiger partial charge on any atom is -0.489 e. The molecule has 2 fully saturated rings. The Balaban J connectivity index is 1.34. The first-order valence-corrected chi connectivity index (χ1v) is 13.6. The van der Waals surface area contributed by atoms with Gasteiger partial charge in [0.2, 0.25) is 5.88 Å². The number of hydrogen-bond donors (Lipinski definition) is 1. The summed E-state index contributed by atoms with van der Waals surface area (Å²) in [6, 6.07) is 10.6. The van der Waals surface area contributed by atoms with E-state index in [4.69, 9.17) is 9.47 Å². The quantitative estimate of drug-likeness (QED) is 0.348. The van der Waals surface area contributed by atoms with Crippen LogP contribution in [0.25, 0.3) is 11.1 Å². The lowest BCUT2D eigenvalue weighted by Crippen LogP contribution is -2.17. The Morgan fingerprint density at radius 3 is 2.62 bits per heavy atom. The maximum Gasteiger partial charge on any atom is 0.307 e. The molecule has 5 nitrogen and oxygen atoms in total. The molecule has 1 spiro atoms. The number of halogens is 2. The second kappa shape index (κ2) is 9.32. The summed E-state index contributed by atoms with van der Waals surface area (Å²) in [7, 11) is 1.47. The normalized spacial score (nSPS) is 24.5. The van der Waals surface area contributed by atoms with Gasteiger partial charge < -0.3 is 14.6 Å². The van der Waals surface area contributed by atoms with E-state index in [-0.39, 0.29) is 40.7 Å². The third kappa shape index (κ3) is 4.36. The lowest BCUT2D eigenvalue weighted by Gasteiger charge is -2.30. The molecule has 0 radical (unpaired) electrons. The van der Waals surface area contributed by atoms with Crippen LogP contribution < -0.4 is 9.47 Å². The smallest absolute Gasteiger partial charge is 0.307 e. The van der Waals surface area contributed by atoms with Gasteiger partial charge in [-0.05, 0) is 90.0 Å². The van der Waals surface area contributed by atoms with Gasteiger partial charge in [0.15, 0.2) is 0 Å². The summed E-state index contributed by atoms with van der Waals surface area (Å²) < 4.78 is 41.9. The van der Waals surface area contributed by atoms with Gasteiger partial charge in [-0.1, -0.05) is 26.3 Å². The molecule has 0 aliphatic heterocycles. The van der Waals surface area contributed by atoms with Crippen LogP contribution in [-0.4, -0.2) is 23.2 Å². The first-order chi connectivity index (χ1) is 18.6. The number of fused-ring (bicyclic) bond motifs is 2. The Labute approximate surface area is 227 Å². The van der Waals surface area contributed by atoms with E-state index in [0.717, 1.165) is 49.4 Å². The molecule has 1 heterocycles. The molecule has 7 heteroatoms. The first kappa shape index (κ1) is 25.8. The van der Waals surface area contributed by atoms with Crippen molar-refractivity contribution >= 4 is 5.97 Å². The zero-order valence-electron chi connectivity index (χ0n) is 22.5. The van der Waals surface area contributed by atoms with Gasteiger partial charge in [-0.2, -0.15) is 0 Å². The number of carboxylic acids is 1. The predicted octanol–water partition coefficient (Wildman–Crippen LogP) is 7.20. The summed E-state index contributed by atoms with van der Waals surface area (Å²) >= 11 is 0. The van der Waals surface area contributed by atoms with Crippen LogP contribution in [0.3, 0.4) is 0 Å². The molecule has 39 heavy (non-hydrogen) atoms. The third-order valence-corrected chi connectivity index (χ3v) is 9.41. The monoisotopic (exact) mass is 533 g/mol. The minimum absolute atomic E-state index is 0.0163. The van der Waals surface area contributed by atoms with Crippen molar-refractivity contribution in [3.05, 3.63) is 76.5 Å². The number of ether oxygens (including phenoxy) is 2. The summed E-state index contributed by atoms with van der Waals surface area (Å²) in [4.78, 5) is 15.6. The molecule has 3 aliphatic carbocycles. The van der Waals surface area contributed by atoms with Crippen LogP contribution >= 0.6 is 0 Å². The number of nitrogens with zero attached hydrogens (tertiary/aromatic N) is 1. The number of aryl methyl sites for hydroxylation is 1. The van der Waals surface area contributed by atoms with Crippen LogP contribution in [0.2, 0.25) is 0 Å². The lowest BCUT2D eigenvalue weighted by atomic mass is 9.75. The fourth-order valence-corrected chi connectivity index (χ4v) is 7.09. The zero-order valence-corrected chi connectivity index (χ0v) is 22.5. The van der Waals surface area contributed by atoms with Crippen molar-refractivity contribution in [1.82, 2.24) is 4.98 Å². The Bertz CT molecular complexity index is 1470. The van der Waals surface area contributed by atoms with E-state index in [1.54, 1.807) is 0 Å². The molecule has 0 saturated heterocycles. The van der Waals surface area contributed by atoms with E-state index in [9.17, 15) is 9.90 Å². The van der Waals surface area contributed by atoms with E-state index < -0.39 is 17.6 Å². The molecular weight excluding hydrogens is 500 g/mol. The molecule has 3 aliphatic rings. The summed E-state index contributed by atoms with van der Waals surface area (Å²) in [6.07, 6.45) is 6.51. The number of carbonyl (C=O) groups is 1. The predicted molar refractivity (Wildman–Crippen MR) is 143 cm³/mol. The average Bonchev–Trinajstić information content (AvgIpc) is 3.40. The lowest BCUT2D eigenvalue weighted by molar-refractivity contribution is -0.139. The van der Waals surface area contributed by atoms with Crippen LogP contribution in [0.1, 0.15) is 74.1 Å². The molecule has 3 atom stereocenters. The highest BCUT2D eigenvalue weighted by Gasteiger charge is 2.61. The van der Waals surface area contributed by atoms with Gasteiger partial charge in [0.25, 0.3) is 0 Å². The second-order valence-electron chi connectivity index (χ2n) is 12.0. The highest BCUT2D eigenvalue weighted by atomic mass is 19.1. The van der Waals surface area contributed by atoms with Gasteiger partial charge in [-0.25, -0.2) is 13.8 Å². The minimum atomic E-state index is -0.748. The summed E-state index contributed by atoms with van der Waals surface area (Å²) in [6.45, 7) is 4.43. The summed E-state index contributed by atoms with van der Waals surface area (Å²) in [5.74, 6) is -1.08. The van der Waals surface area contributed by atoms with Crippen LogP contribution in [0.5, 0.6) is 11.6 Å². The standard InChI is InChI=1S/C32H33F2NO4/c1-31(2)9-4-5-24(31)22-11-19(27(33)13-21(22)23-14-29(38-3)35-16-28(23)34)17-39-20-7-6-18-8-10-32(25(18)12-20)15-26(32)30(36)37/h6-7,11-14,16,24,26H,4-5,8-10,15,17H2,1-3H3,(H,36,37)/t24-,26-,32+/m1/s1. The van der Waals surface area contributed by atoms with Gasteiger partial charge in [0.1, 0.15) is 24.0 Å². The summed E-state index contributed by atoms with van der Waals surface area (Å²) in [5.41, 5.74) is 4.01. The van der Waals surface area contributed by atoms with E-state index in [1.807, 2.05) is 24.3 Å². The van der Waals surface area contributed by atoms with Crippen molar-refractivity contribution in [2.45, 2.75) is 70.3 Å². The second-order valence-corrected chi connectivity index (χ2v) is 12.0. The topological polar surface area (TPSA) is 68.7 Å². The van der Waals surface area contributed by atoms with Crippen molar-refractivity contribution < 1.29 is 28.2 Å². The van der Waals surface area contributed by atoms with Gasteiger partial charge in [-0.3, -0.25) is 4.79 Å². The molecule has 1 N–H and O–H groups in total. The first-order valence-electron chi connectivity index (χ1n) is 13.6. The summed E-state index contributed by atoms with van der Waals surface area (Å²) in [5, 5.41) is 9.55. The SMILES string of the molecule is COc1cc(-c2cc(F)c(COc3ccc4c(c3)[C@]3(CC4)C[C@@H]3C(=O)O)cc2[C@H]2CCCC2(C)C)c(F)cn1. The fourth-order valence-electron chi connectivity index (χ4n) is 7.09. The van der Waals surface area contributed by atoms with Crippen molar-refractivity contribution in [2.24, 2.45) is 11.3 Å². The molecule has 3 aromatic rings. The van der Waals surface area contributed by atoms with Crippen LogP contribution in [0.4, 0.5) is 8.78 Å². The number of pyridine rings is 1. The van der Waals surface area contributed by atoms with Gasteiger partial charge in [0.05, 0.1) is 19.2 Å². The number of aromatic nitrogens is 1. The van der Waals surface area contributed by atoms with Crippen molar-refractivity contribution in [3.8, 4) is 22.8 Å². The molecule has 2 aromatic carbocycles. The number of methoxy groups -OCH3 is 1. The van der Waals surface area contributed by atoms with Gasteiger partial charge >= 0.3 is 5.97 Å². The van der Waals surface area contributed by atoms with E-state index in [1.165, 1.54) is 24.8 Å². The maximum atomic E-state index is 15.6. The van der Waals surface area contributed by atoms with Crippen molar-refractivity contribution in [1.29, 1.82) is 0 Å². The highest BCUT2D eigenvalue weighted by Crippen LogP contribution is 2.62. The van der Waals surface area contributed by atoms with Gasteiger partial charge in [0, 0.05) is 22.6 Å². The van der Waals surface area contributed by atoms with Crippen molar-refractivity contribution in [3.63, 3.8) is 0 Å². The molecule has 0 bridgehead atoms. The number of aliphatic carboxylic acids is 1. The fraction of sp³-hybridized carbons (Fsp3) is 0.438. The van der Waals surface area contributed by atoms with Gasteiger partial charge in [-0.15, -0.1) is 0 Å². The Hall–Kier alpha value is -3.48. The van der Waals surface area contributed by atoms with E-state index >= 15 is 8.78 Å². The number of benzene rings is 2. The van der Waals surface area contributed by atoms with Crippen molar-refractivity contribution in [2.75, 3.05) is 7.11 Å². The molecular formula is C32H33F2NO4. The molecule has 6 rings (SSSR count). The Kier molecular flexibility index (Phi) is 6.16. The average molecular weight is 534 g/mol.